The molecule has 0 aromatic heterocycles. The van der Waals surface area contributed by atoms with Crippen molar-refractivity contribution in [3.05, 3.63) is 17.7 Å². The number of phenols is 1. The van der Waals surface area contributed by atoms with Gasteiger partial charge in [0.25, 0.3) is 0 Å². The molecule has 1 aromatic carbocycles. The highest BCUT2D eigenvalue weighted by Gasteiger charge is 2.13. The third-order valence-electron chi connectivity index (χ3n) is 1.94. The second kappa shape index (κ2) is 4.54. The molecule has 0 radical (unpaired) electrons. The Morgan fingerprint density at radius 2 is 2.07 bits per heavy atom. The molecule has 0 atom stereocenters. The van der Waals surface area contributed by atoms with E-state index in [0.29, 0.717) is 5.75 Å². The van der Waals surface area contributed by atoms with Crippen LogP contribution in [-0.2, 0) is 11.2 Å². The van der Waals surface area contributed by atoms with Crippen molar-refractivity contribution in [2.75, 3.05) is 14.2 Å². The summed E-state index contributed by atoms with van der Waals surface area (Å²) in [4.78, 5) is 10.4. The first-order valence-electron chi connectivity index (χ1n) is 4.22. The molecule has 0 amide bonds. The zero-order valence-corrected chi connectivity index (χ0v) is 8.44. The zero-order valence-electron chi connectivity index (χ0n) is 8.44. The van der Waals surface area contributed by atoms with Gasteiger partial charge in [0.1, 0.15) is 0 Å². The average Bonchev–Trinajstić information content (AvgIpc) is 2.20. The molecule has 1 rings (SSSR count). The minimum Gasteiger partial charge on any atom is -0.550 e. The number of methoxy groups -OCH3 is 2. The average molecular weight is 211 g/mol. The molecule has 1 aromatic rings. The highest BCUT2D eigenvalue weighted by Crippen LogP contribution is 2.38. The summed E-state index contributed by atoms with van der Waals surface area (Å²) in [5.74, 6) is -1.04. The summed E-state index contributed by atoms with van der Waals surface area (Å²) < 4.78 is 9.83. The van der Waals surface area contributed by atoms with E-state index in [1.807, 2.05) is 0 Å². The molecule has 5 nitrogen and oxygen atoms in total. The number of carboxylic acid groups (broad SMARTS) is 1. The molecule has 0 aliphatic carbocycles. The Hall–Kier alpha value is -1.91. The number of aromatic hydroxyl groups is 1. The fourth-order valence-electron chi connectivity index (χ4n) is 1.25. The van der Waals surface area contributed by atoms with Gasteiger partial charge in [0.05, 0.1) is 14.2 Å². The quantitative estimate of drug-likeness (QED) is 0.739. The van der Waals surface area contributed by atoms with Gasteiger partial charge in [-0.2, -0.15) is 0 Å². The van der Waals surface area contributed by atoms with Gasteiger partial charge in [0.2, 0.25) is 5.75 Å². The summed E-state index contributed by atoms with van der Waals surface area (Å²) in [5, 5.41) is 20.0. The molecule has 15 heavy (non-hydrogen) atoms. The minimum atomic E-state index is -1.27. The third-order valence-corrected chi connectivity index (χ3v) is 1.94. The van der Waals surface area contributed by atoms with Crippen molar-refractivity contribution in [3.8, 4) is 17.2 Å². The number of hydrogen-bond acceptors (Lipinski definition) is 5. The van der Waals surface area contributed by atoms with Gasteiger partial charge in [-0.1, -0.05) is 6.07 Å². The van der Waals surface area contributed by atoms with Gasteiger partial charge in [0, 0.05) is 18.0 Å². The summed E-state index contributed by atoms with van der Waals surface area (Å²) in [6, 6.07) is 2.98. The van der Waals surface area contributed by atoms with E-state index >= 15 is 0 Å². The fraction of sp³-hybridized carbons (Fsp3) is 0.300. The normalized spacial score (nSPS) is 9.73. The lowest BCUT2D eigenvalue weighted by Gasteiger charge is -2.12. The maximum Gasteiger partial charge on any atom is 0.203 e. The Balaban J connectivity index is 3.16. The Morgan fingerprint density at radius 3 is 2.53 bits per heavy atom. The van der Waals surface area contributed by atoms with Gasteiger partial charge in [-0.3, -0.25) is 0 Å². The topological polar surface area (TPSA) is 78.8 Å². The predicted octanol–water partition coefficient (Wildman–Crippen LogP) is -0.298. The number of phenolic OH excluding ortho intramolecular Hbond substituents is 1. The maximum absolute atomic E-state index is 10.4. The van der Waals surface area contributed by atoms with Crippen molar-refractivity contribution in [1.29, 1.82) is 0 Å². The van der Waals surface area contributed by atoms with Crippen LogP contribution >= 0.6 is 0 Å². The summed E-state index contributed by atoms with van der Waals surface area (Å²) in [6.07, 6.45) is -0.369. The zero-order chi connectivity index (χ0) is 11.4. The summed E-state index contributed by atoms with van der Waals surface area (Å²) >= 11 is 0. The van der Waals surface area contributed by atoms with E-state index in [-0.39, 0.29) is 23.5 Å². The predicted molar refractivity (Wildman–Crippen MR) is 49.9 cm³/mol. The first-order chi connectivity index (χ1) is 7.10. The van der Waals surface area contributed by atoms with E-state index in [2.05, 4.69) is 0 Å². The first kappa shape index (κ1) is 11.2. The van der Waals surface area contributed by atoms with Gasteiger partial charge in [-0.15, -0.1) is 0 Å². The van der Waals surface area contributed by atoms with Crippen molar-refractivity contribution in [2.24, 2.45) is 0 Å². The molecule has 0 saturated carbocycles. The smallest absolute Gasteiger partial charge is 0.203 e. The highest BCUT2D eigenvalue weighted by atomic mass is 16.5. The van der Waals surface area contributed by atoms with Crippen molar-refractivity contribution in [1.82, 2.24) is 0 Å². The number of rotatable bonds is 4. The SMILES string of the molecule is COc1ccc(CC(=O)[O-])c(O)c1OC. The van der Waals surface area contributed by atoms with Crippen LogP contribution in [0, 0.1) is 0 Å². The Kier molecular flexibility index (Phi) is 3.38. The lowest BCUT2D eigenvalue weighted by molar-refractivity contribution is -0.304. The van der Waals surface area contributed by atoms with Crippen LogP contribution in [0.25, 0.3) is 0 Å². The number of carbonyl (C=O) groups is 1. The Labute approximate surface area is 86.9 Å². The largest absolute Gasteiger partial charge is 0.550 e. The molecule has 0 saturated heterocycles. The Bertz CT molecular complexity index is 372. The minimum absolute atomic E-state index is 0.122. The molecule has 0 spiro atoms. The number of carbonyl (C=O) groups excluding carboxylic acids is 1. The number of hydrogen-bond donors (Lipinski definition) is 1. The second-order valence-electron chi connectivity index (χ2n) is 2.86. The Morgan fingerprint density at radius 1 is 1.40 bits per heavy atom. The van der Waals surface area contributed by atoms with Crippen LogP contribution in [0.15, 0.2) is 12.1 Å². The van der Waals surface area contributed by atoms with Crippen molar-refractivity contribution in [3.63, 3.8) is 0 Å². The lowest BCUT2D eigenvalue weighted by atomic mass is 10.1. The molecule has 5 heteroatoms. The monoisotopic (exact) mass is 211 g/mol. The number of benzene rings is 1. The van der Waals surface area contributed by atoms with Crippen LogP contribution in [0.3, 0.4) is 0 Å². The maximum atomic E-state index is 10.4. The summed E-state index contributed by atoms with van der Waals surface area (Å²) in [5.41, 5.74) is 0.229. The van der Waals surface area contributed by atoms with Gasteiger partial charge in [-0.25, -0.2) is 0 Å². The van der Waals surface area contributed by atoms with E-state index in [0.717, 1.165) is 0 Å². The summed E-state index contributed by atoms with van der Waals surface area (Å²) in [6.45, 7) is 0. The number of ether oxygens (including phenoxy) is 2. The van der Waals surface area contributed by atoms with Gasteiger partial charge < -0.3 is 24.5 Å². The van der Waals surface area contributed by atoms with Gasteiger partial charge in [0.15, 0.2) is 11.5 Å². The first-order valence-corrected chi connectivity index (χ1v) is 4.22. The molecular formula is C10H11O5-. The van der Waals surface area contributed by atoms with Crippen LogP contribution in [0.2, 0.25) is 0 Å². The van der Waals surface area contributed by atoms with Crippen LogP contribution in [0.1, 0.15) is 5.56 Å². The van der Waals surface area contributed by atoms with Crippen LogP contribution in [0.4, 0.5) is 0 Å². The van der Waals surface area contributed by atoms with Crippen LogP contribution in [-0.4, -0.2) is 25.3 Å². The van der Waals surface area contributed by atoms with Gasteiger partial charge >= 0.3 is 0 Å². The highest BCUT2D eigenvalue weighted by molar-refractivity contribution is 5.71. The summed E-state index contributed by atoms with van der Waals surface area (Å²) in [7, 11) is 2.79. The standard InChI is InChI=1S/C10H12O5/c1-14-7-4-3-6(5-8(11)12)9(13)10(7)15-2/h3-4,13H,5H2,1-2H3,(H,11,12)/p-1. The molecule has 82 valence electrons. The molecule has 0 unspecified atom stereocenters. The third kappa shape index (κ3) is 2.31. The van der Waals surface area contributed by atoms with Crippen LogP contribution < -0.4 is 14.6 Å². The molecule has 0 bridgehead atoms. The van der Waals surface area contributed by atoms with E-state index in [4.69, 9.17) is 9.47 Å². The second-order valence-corrected chi connectivity index (χ2v) is 2.86. The molecular weight excluding hydrogens is 200 g/mol. The van der Waals surface area contributed by atoms with Gasteiger partial charge in [-0.05, 0) is 6.07 Å². The number of carboxylic acids is 1. The lowest BCUT2D eigenvalue weighted by Crippen LogP contribution is -2.24. The fourth-order valence-corrected chi connectivity index (χ4v) is 1.25. The molecule has 0 aliphatic rings. The molecule has 1 N–H and O–H groups in total. The van der Waals surface area contributed by atoms with Crippen molar-refractivity contribution < 1.29 is 24.5 Å². The number of aliphatic carboxylic acids is 1. The van der Waals surface area contributed by atoms with E-state index in [9.17, 15) is 15.0 Å². The van der Waals surface area contributed by atoms with Crippen molar-refractivity contribution >= 4 is 5.97 Å². The van der Waals surface area contributed by atoms with Crippen LogP contribution in [0.5, 0.6) is 17.2 Å². The molecule has 0 aliphatic heterocycles. The van der Waals surface area contributed by atoms with E-state index < -0.39 is 5.97 Å². The van der Waals surface area contributed by atoms with E-state index in [1.165, 1.54) is 26.4 Å². The van der Waals surface area contributed by atoms with E-state index in [1.54, 1.807) is 0 Å². The molecule has 0 fully saturated rings. The molecule has 0 heterocycles. The van der Waals surface area contributed by atoms with Crippen molar-refractivity contribution in [2.45, 2.75) is 6.42 Å².